The summed E-state index contributed by atoms with van der Waals surface area (Å²) in [5.41, 5.74) is 1.63. The standard InChI is InChI=1S/C20H29N3O2/c1-15-8-10-17(11-9-15)22(2)14-19(24)21-16-5-3-6-18(13-16)23-12-4-7-20(23)25/h3,5-6,13,15,17H,4,7-12,14H2,1-2H3,(H,21,24). The molecule has 2 aliphatic rings. The summed E-state index contributed by atoms with van der Waals surface area (Å²) in [7, 11) is 2.04. The molecule has 1 saturated carbocycles. The molecule has 0 atom stereocenters. The first-order valence-corrected chi connectivity index (χ1v) is 9.43. The van der Waals surface area contributed by atoms with Crippen LogP contribution in [0.5, 0.6) is 0 Å². The summed E-state index contributed by atoms with van der Waals surface area (Å²) in [4.78, 5) is 28.2. The van der Waals surface area contributed by atoms with Crippen molar-refractivity contribution in [1.29, 1.82) is 0 Å². The molecule has 0 bridgehead atoms. The molecular formula is C20H29N3O2. The van der Waals surface area contributed by atoms with Crippen LogP contribution < -0.4 is 10.2 Å². The fourth-order valence-corrected chi connectivity index (χ4v) is 3.91. The molecule has 25 heavy (non-hydrogen) atoms. The van der Waals surface area contributed by atoms with Crippen LogP contribution in [0.3, 0.4) is 0 Å². The number of rotatable bonds is 5. The van der Waals surface area contributed by atoms with Gasteiger partial charge in [0.05, 0.1) is 6.54 Å². The van der Waals surface area contributed by atoms with Crippen molar-refractivity contribution < 1.29 is 9.59 Å². The summed E-state index contributed by atoms with van der Waals surface area (Å²) in [6.07, 6.45) is 6.38. The molecule has 3 rings (SSSR count). The molecule has 0 aromatic heterocycles. The predicted octanol–water partition coefficient (Wildman–Crippen LogP) is 3.26. The van der Waals surface area contributed by atoms with Gasteiger partial charge in [0.1, 0.15) is 0 Å². The Labute approximate surface area is 150 Å². The van der Waals surface area contributed by atoms with E-state index in [1.807, 2.05) is 31.3 Å². The molecule has 5 nitrogen and oxygen atoms in total. The van der Waals surface area contributed by atoms with Gasteiger partial charge in [-0.05, 0) is 63.3 Å². The molecule has 1 aromatic rings. The number of carbonyl (C=O) groups excluding carboxylic acids is 2. The van der Waals surface area contributed by atoms with Gasteiger partial charge in [-0.25, -0.2) is 0 Å². The smallest absolute Gasteiger partial charge is 0.238 e. The molecule has 1 N–H and O–H groups in total. The Kier molecular flexibility index (Phi) is 5.74. The van der Waals surface area contributed by atoms with E-state index >= 15 is 0 Å². The summed E-state index contributed by atoms with van der Waals surface area (Å²) < 4.78 is 0. The Balaban J connectivity index is 1.55. The molecule has 1 saturated heterocycles. The topological polar surface area (TPSA) is 52.7 Å². The zero-order chi connectivity index (χ0) is 17.8. The van der Waals surface area contributed by atoms with E-state index < -0.39 is 0 Å². The normalized spacial score (nSPS) is 24.0. The van der Waals surface area contributed by atoms with Gasteiger partial charge in [0, 0.05) is 30.4 Å². The Morgan fingerprint density at radius 3 is 2.72 bits per heavy atom. The average Bonchev–Trinajstić information content (AvgIpc) is 3.01. The zero-order valence-electron chi connectivity index (χ0n) is 15.3. The number of nitrogens with one attached hydrogen (secondary N) is 1. The van der Waals surface area contributed by atoms with Gasteiger partial charge in [-0.15, -0.1) is 0 Å². The lowest BCUT2D eigenvalue weighted by atomic mass is 9.87. The Hall–Kier alpha value is -1.88. The molecule has 1 aromatic carbocycles. The van der Waals surface area contributed by atoms with E-state index in [9.17, 15) is 9.59 Å². The molecule has 0 spiro atoms. The van der Waals surface area contributed by atoms with Crippen molar-refractivity contribution in [3.8, 4) is 0 Å². The predicted molar refractivity (Wildman–Crippen MR) is 101 cm³/mol. The Morgan fingerprint density at radius 1 is 1.28 bits per heavy atom. The fourth-order valence-electron chi connectivity index (χ4n) is 3.91. The molecule has 1 aliphatic carbocycles. The first kappa shape index (κ1) is 17.9. The highest BCUT2D eigenvalue weighted by Gasteiger charge is 2.24. The van der Waals surface area contributed by atoms with E-state index in [1.54, 1.807) is 4.90 Å². The van der Waals surface area contributed by atoms with Crippen LogP contribution in [0.2, 0.25) is 0 Å². The molecule has 2 amide bonds. The van der Waals surface area contributed by atoms with Crippen LogP contribution in [0.25, 0.3) is 0 Å². The minimum Gasteiger partial charge on any atom is -0.325 e. The van der Waals surface area contributed by atoms with E-state index in [2.05, 4.69) is 17.1 Å². The highest BCUT2D eigenvalue weighted by atomic mass is 16.2. The second kappa shape index (κ2) is 8.00. The van der Waals surface area contributed by atoms with Crippen molar-refractivity contribution in [2.24, 2.45) is 5.92 Å². The van der Waals surface area contributed by atoms with Gasteiger partial charge in [0.2, 0.25) is 11.8 Å². The number of nitrogens with zero attached hydrogens (tertiary/aromatic N) is 2. The van der Waals surface area contributed by atoms with Crippen LogP contribution in [-0.2, 0) is 9.59 Å². The number of hydrogen-bond acceptors (Lipinski definition) is 3. The quantitative estimate of drug-likeness (QED) is 0.893. The molecule has 0 radical (unpaired) electrons. The van der Waals surface area contributed by atoms with E-state index in [4.69, 9.17) is 0 Å². The van der Waals surface area contributed by atoms with Crippen molar-refractivity contribution >= 4 is 23.2 Å². The number of benzene rings is 1. The summed E-state index contributed by atoms with van der Waals surface area (Å²) in [5.74, 6) is 0.982. The van der Waals surface area contributed by atoms with Gasteiger partial charge in [0.15, 0.2) is 0 Å². The Bertz CT molecular complexity index is 623. The van der Waals surface area contributed by atoms with Crippen LogP contribution in [0.1, 0.15) is 45.4 Å². The molecule has 1 aliphatic heterocycles. The zero-order valence-corrected chi connectivity index (χ0v) is 15.3. The van der Waals surface area contributed by atoms with Crippen LogP contribution in [-0.4, -0.2) is 42.9 Å². The SMILES string of the molecule is CC1CCC(N(C)CC(=O)Nc2cccc(N3CCCC3=O)c2)CC1. The maximum atomic E-state index is 12.4. The first-order valence-electron chi connectivity index (χ1n) is 9.43. The van der Waals surface area contributed by atoms with Crippen LogP contribution >= 0.6 is 0 Å². The third-order valence-corrected chi connectivity index (χ3v) is 5.52. The number of carbonyl (C=O) groups is 2. The maximum absolute atomic E-state index is 12.4. The van der Waals surface area contributed by atoms with Crippen molar-refractivity contribution in [2.75, 3.05) is 30.4 Å². The molecular weight excluding hydrogens is 314 g/mol. The molecule has 0 unspecified atom stereocenters. The van der Waals surface area contributed by atoms with Gasteiger partial charge in [-0.3, -0.25) is 14.5 Å². The lowest BCUT2D eigenvalue weighted by molar-refractivity contribution is -0.118. The summed E-state index contributed by atoms with van der Waals surface area (Å²) >= 11 is 0. The summed E-state index contributed by atoms with van der Waals surface area (Å²) in [6, 6.07) is 8.10. The number of hydrogen-bond donors (Lipinski definition) is 1. The van der Waals surface area contributed by atoms with E-state index in [-0.39, 0.29) is 11.8 Å². The highest BCUT2D eigenvalue weighted by molar-refractivity contribution is 5.97. The minimum atomic E-state index is 0.00557. The molecule has 136 valence electrons. The first-order chi connectivity index (χ1) is 12.0. The number of anilines is 2. The van der Waals surface area contributed by atoms with Gasteiger partial charge in [0.25, 0.3) is 0 Å². The van der Waals surface area contributed by atoms with Crippen molar-refractivity contribution in [3.63, 3.8) is 0 Å². The fraction of sp³-hybridized carbons (Fsp3) is 0.600. The highest BCUT2D eigenvalue weighted by Crippen LogP contribution is 2.27. The number of amides is 2. The van der Waals surface area contributed by atoms with Crippen molar-refractivity contribution in [1.82, 2.24) is 4.90 Å². The van der Waals surface area contributed by atoms with E-state index in [0.29, 0.717) is 19.0 Å². The third-order valence-electron chi connectivity index (χ3n) is 5.52. The molecule has 1 heterocycles. The second-order valence-electron chi connectivity index (χ2n) is 7.58. The Morgan fingerprint density at radius 2 is 2.04 bits per heavy atom. The van der Waals surface area contributed by atoms with Crippen LogP contribution in [0, 0.1) is 5.92 Å². The van der Waals surface area contributed by atoms with Crippen molar-refractivity contribution in [3.05, 3.63) is 24.3 Å². The maximum Gasteiger partial charge on any atom is 0.238 e. The largest absolute Gasteiger partial charge is 0.325 e. The summed E-state index contributed by atoms with van der Waals surface area (Å²) in [6.45, 7) is 3.48. The average molecular weight is 343 g/mol. The summed E-state index contributed by atoms with van der Waals surface area (Å²) in [5, 5.41) is 2.98. The third kappa shape index (κ3) is 4.60. The van der Waals surface area contributed by atoms with Crippen LogP contribution in [0.15, 0.2) is 24.3 Å². The molecule has 2 fully saturated rings. The van der Waals surface area contributed by atoms with Gasteiger partial charge >= 0.3 is 0 Å². The monoisotopic (exact) mass is 343 g/mol. The van der Waals surface area contributed by atoms with E-state index in [0.717, 1.165) is 30.3 Å². The van der Waals surface area contributed by atoms with Gasteiger partial charge < -0.3 is 10.2 Å². The van der Waals surface area contributed by atoms with Gasteiger partial charge in [-0.2, -0.15) is 0 Å². The second-order valence-corrected chi connectivity index (χ2v) is 7.58. The van der Waals surface area contributed by atoms with Crippen LogP contribution in [0.4, 0.5) is 11.4 Å². The lowest BCUT2D eigenvalue weighted by Crippen LogP contribution is -2.39. The minimum absolute atomic E-state index is 0.00557. The number of likely N-dealkylation sites (N-methyl/N-ethyl adjacent to an activating group) is 1. The molecule has 5 heteroatoms. The van der Waals surface area contributed by atoms with E-state index in [1.165, 1.54) is 25.7 Å². The van der Waals surface area contributed by atoms with Gasteiger partial charge in [-0.1, -0.05) is 13.0 Å². The lowest BCUT2D eigenvalue weighted by Gasteiger charge is -2.33. The van der Waals surface area contributed by atoms with Crippen molar-refractivity contribution in [2.45, 2.75) is 51.5 Å².